The second kappa shape index (κ2) is 9.67. The number of hydrogen-bond acceptors (Lipinski definition) is 0. The second-order valence-corrected chi connectivity index (χ2v) is 6.86. The van der Waals surface area contributed by atoms with E-state index in [1.165, 1.54) is 59.1 Å². The Kier molecular flexibility index (Phi) is 7.56. The molecule has 2 rings (SSSR count). The van der Waals surface area contributed by atoms with Gasteiger partial charge in [-0.05, 0) is 71.2 Å². The third-order valence-corrected chi connectivity index (χ3v) is 4.38. The van der Waals surface area contributed by atoms with E-state index in [-0.39, 0.29) is 0 Å². The van der Waals surface area contributed by atoms with Crippen LogP contribution in [0.3, 0.4) is 0 Å². The lowest BCUT2D eigenvalue weighted by Gasteiger charge is -2.12. The summed E-state index contributed by atoms with van der Waals surface area (Å²) in [6.07, 6.45) is 9.25. The fourth-order valence-electron chi connectivity index (χ4n) is 3.36. The molecule has 2 aromatic rings. The summed E-state index contributed by atoms with van der Waals surface area (Å²) in [5, 5.41) is 0. The highest BCUT2D eigenvalue weighted by Gasteiger charge is 2.07. The van der Waals surface area contributed by atoms with Gasteiger partial charge in [-0.1, -0.05) is 77.6 Å². The lowest BCUT2D eigenvalue weighted by Crippen LogP contribution is -1.95. The quantitative estimate of drug-likeness (QED) is 0.478. The maximum absolute atomic E-state index is 3.67. The van der Waals surface area contributed by atoms with Crippen molar-refractivity contribution in [3.05, 3.63) is 58.7 Å². The Morgan fingerprint density at radius 1 is 0.542 bits per heavy atom. The number of benzene rings is 2. The van der Waals surface area contributed by atoms with Crippen LogP contribution in [0.1, 0.15) is 75.6 Å². The van der Waals surface area contributed by atoms with Crippen LogP contribution in [-0.2, 0) is 25.7 Å². The van der Waals surface area contributed by atoms with Crippen molar-refractivity contribution in [2.24, 2.45) is 0 Å². The topological polar surface area (TPSA) is 0 Å². The van der Waals surface area contributed by atoms with Crippen molar-refractivity contribution in [1.29, 1.82) is 0 Å². The zero-order valence-electron chi connectivity index (χ0n) is 16.0. The van der Waals surface area contributed by atoms with Crippen molar-refractivity contribution >= 4 is 0 Å². The smallest absolute Gasteiger partial charge is 0.00639 e. The molecule has 0 nitrogen and oxygen atoms in total. The van der Waals surface area contributed by atoms with Crippen molar-refractivity contribution in [2.45, 2.75) is 79.1 Å². The molecule has 2 radical (unpaired) electrons. The van der Waals surface area contributed by atoms with E-state index in [1.54, 1.807) is 0 Å². The fraction of sp³-hybridized carbons (Fsp3) is 0.500. The molecule has 0 saturated heterocycles. The van der Waals surface area contributed by atoms with Crippen molar-refractivity contribution in [3.8, 4) is 11.1 Å². The van der Waals surface area contributed by atoms with Gasteiger partial charge in [0.15, 0.2) is 0 Å². The molecule has 0 unspecified atom stereocenters. The summed E-state index contributed by atoms with van der Waals surface area (Å²) in [6.45, 7) is 8.99. The van der Waals surface area contributed by atoms with Gasteiger partial charge >= 0.3 is 0 Å². The zero-order valence-corrected chi connectivity index (χ0v) is 16.0. The van der Waals surface area contributed by atoms with Crippen LogP contribution >= 0.6 is 0 Å². The van der Waals surface area contributed by atoms with Crippen LogP contribution in [0.4, 0.5) is 0 Å². The van der Waals surface area contributed by atoms with Gasteiger partial charge in [-0.15, -0.1) is 0 Å². The van der Waals surface area contributed by atoms with Gasteiger partial charge in [0.25, 0.3) is 0 Å². The van der Waals surface area contributed by atoms with E-state index in [0.29, 0.717) is 0 Å². The Hall–Kier alpha value is -1.56. The van der Waals surface area contributed by atoms with Crippen LogP contribution < -0.4 is 0 Å². The summed E-state index contributed by atoms with van der Waals surface area (Å²) >= 11 is 0. The summed E-state index contributed by atoms with van der Waals surface area (Å²) in [7, 11) is 0. The molecule has 0 amide bonds. The molecule has 0 saturated carbocycles. The molecule has 0 fully saturated rings. The molecule has 0 heterocycles. The maximum Gasteiger partial charge on any atom is -0.00639 e. The predicted octanol–water partition coefficient (Wildman–Crippen LogP) is 6.76. The minimum Gasteiger partial charge on any atom is -0.0651 e. The standard InChI is InChI=1S/C24H32/c1-5-9-19-13-20(10-6-2)16-23(15-19)24-17-21(11-7-3)14-22(18-24)12-8-4/h13-15,17H,5-12H2,1-4H3. The third-order valence-electron chi connectivity index (χ3n) is 4.38. The molecular weight excluding hydrogens is 288 g/mol. The van der Waals surface area contributed by atoms with E-state index >= 15 is 0 Å². The van der Waals surface area contributed by atoms with Gasteiger partial charge in [0.1, 0.15) is 0 Å². The van der Waals surface area contributed by atoms with Crippen molar-refractivity contribution in [2.75, 3.05) is 0 Å². The first-order chi connectivity index (χ1) is 11.7. The van der Waals surface area contributed by atoms with Crippen LogP contribution in [-0.4, -0.2) is 0 Å². The normalized spacial score (nSPS) is 11.0. The maximum atomic E-state index is 3.67. The summed E-state index contributed by atoms with van der Waals surface area (Å²) in [5.74, 6) is 0. The minimum absolute atomic E-state index is 1.11. The van der Waals surface area contributed by atoms with E-state index in [0.717, 1.165) is 25.7 Å². The molecule has 2 aromatic carbocycles. The molecule has 0 heteroatoms. The van der Waals surface area contributed by atoms with Gasteiger partial charge in [0, 0.05) is 0 Å². The molecule has 0 atom stereocenters. The van der Waals surface area contributed by atoms with Crippen LogP contribution in [0, 0.1) is 12.1 Å². The number of aryl methyl sites for hydroxylation is 4. The van der Waals surface area contributed by atoms with Crippen LogP contribution in [0.2, 0.25) is 0 Å². The SMILES string of the molecule is CCCc1[c]c(-c2[c]c(CCC)cc(CCC)c2)cc(CCC)c1. The summed E-state index contributed by atoms with van der Waals surface area (Å²) < 4.78 is 0. The summed E-state index contributed by atoms with van der Waals surface area (Å²) in [4.78, 5) is 0. The first kappa shape index (κ1) is 18.8. The lowest BCUT2D eigenvalue weighted by atomic mass is 9.92. The highest BCUT2D eigenvalue weighted by atomic mass is 14.1. The molecule has 0 bridgehead atoms. The van der Waals surface area contributed by atoms with Gasteiger partial charge < -0.3 is 0 Å². The minimum atomic E-state index is 1.11. The van der Waals surface area contributed by atoms with E-state index < -0.39 is 0 Å². The monoisotopic (exact) mass is 320 g/mol. The first-order valence-corrected chi connectivity index (χ1v) is 9.80. The van der Waals surface area contributed by atoms with Crippen molar-refractivity contribution in [3.63, 3.8) is 0 Å². The first-order valence-electron chi connectivity index (χ1n) is 9.80. The molecule has 0 aliphatic carbocycles. The van der Waals surface area contributed by atoms with Gasteiger partial charge in [0.2, 0.25) is 0 Å². The highest BCUT2D eigenvalue weighted by Crippen LogP contribution is 2.26. The Balaban J connectivity index is 2.47. The molecule has 24 heavy (non-hydrogen) atoms. The summed E-state index contributed by atoms with van der Waals surface area (Å²) in [5.41, 5.74) is 8.07. The van der Waals surface area contributed by atoms with Gasteiger partial charge in [-0.3, -0.25) is 0 Å². The van der Waals surface area contributed by atoms with Crippen molar-refractivity contribution in [1.82, 2.24) is 0 Å². The fourth-order valence-corrected chi connectivity index (χ4v) is 3.36. The van der Waals surface area contributed by atoms with Gasteiger partial charge in [-0.2, -0.15) is 0 Å². The predicted molar refractivity (Wildman–Crippen MR) is 106 cm³/mol. The molecule has 128 valence electrons. The Bertz CT molecular complexity index is 530. The molecule has 0 aliphatic rings. The third kappa shape index (κ3) is 5.23. The van der Waals surface area contributed by atoms with Gasteiger partial charge in [-0.25, -0.2) is 0 Å². The molecular formula is C24H32. The van der Waals surface area contributed by atoms with E-state index in [4.69, 9.17) is 0 Å². The Morgan fingerprint density at radius 3 is 1.25 bits per heavy atom. The van der Waals surface area contributed by atoms with Crippen LogP contribution in [0.15, 0.2) is 24.3 Å². The van der Waals surface area contributed by atoms with Crippen LogP contribution in [0.25, 0.3) is 11.1 Å². The second-order valence-electron chi connectivity index (χ2n) is 6.86. The lowest BCUT2D eigenvalue weighted by molar-refractivity contribution is 0.891. The molecule has 0 spiro atoms. The highest BCUT2D eigenvalue weighted by molar-refractivity contribution is 5.66. The number of hydrogen-bond donors (Lipinski definition) is 0. The van der Waals surface area contributed by atoms with Gasteiger partial charge in [0.05, 0.1) is 0 Å². The van der Waals surface area contributed by atoms with Crippen LogP contribution in [0.5, 0.6) is 0 Å². The van der Waals surface area contributed by atoms with E-state index in [9.17, 15) is 0 Å². The average molecular weight is 321 g/mol. The number of rotatable bonds is 9. The largest absolute Gasteiger partial charge is 0.0651 e. The molecule has 0 aliphatic heterocycles. The zero-order chi connectivity index (χ0) is 17.4. The van der Waals surface area contributed by atoms with E-state index in [2.05, 4.69) is 64.1 Å². The van der Waals surface area contributed by atoms with Crippen molar-refractivity contribution < 1.29 is 0 Å². The van der Waals surface area contributed by atoms with E-state index in [1.807, 2.05) is 0 Å². The molecule has 0 aromatic heterocycles. The Labute approximate surface area is 149 Å². The summed E-state index contributed by atoms with van der Waals surface area (Å²) in [6, 6.07) is 16.7. The average Bonchev–Trinajstić information content (AvgIpc) is 2.56. The molecule has 0 N–H and O–H groups in total. The Morgan fingerprint density at radius 2 is 0.917 bits per heavy atom.